The van der Waals surface area contributed by atoms with Crippen LogP contribution < -0.4 is 9.47 Å². The molecule has 142 valence electrons. The van der Waals surface area contributed by atoms with Crippen LogP contribution in [0.5, 0.6) is 11.5 Å². The minimum Gasteiger partial charge on any atom is -0.493 e. The van der Waals surface area contributed by atoms with Crippen LogP contribution in [-0.2, 0) is 13.6 Å². The summed E-state index contributed by atoms with van der Waals surface area (Å²) >= 11 is 0. The first kappa shape index (κ1) is 17.8. The Morgan fingerprint density at radius 2 is 2.00 bits per heavy atom. The SMILES string of the molecule is COc1ccc(CN2CCCC(c3nn(C)c4ncccc34)C2)cc1OC. The number of ether oxygens (including phenoxy) is 2. The van der Waals surface area contributed by atoms with Crippen molar-refractivity contribution in [3.8, 4) is 11.5 Å². The molecule has 1 aliphatic heterocycles. The number of piperidine rings is 1. The molecule has 1 fully saturated rings. The maximum atomic E-state index is 5.44. The van der Waals surface area contributed by atoms with Gasteiger partial charge in [0, 0.05) is 37.6 Å². The number of hydrogen-bond donors (Lipinski definition) is 0. The minimum atomic E-state index is 0.437. The summed E-state index contributed by atoms with van der Waals surface area (Å²) in [5.74, 6) is 1.99. The summed E-state index contributed by atoms with van der Waals surface area (Å²) in [6.07, 6.45) is 4.18. The van der Waals surface area contributed by atoms with Crippen molar-refractivity contribution in [2.45, 2.75) is 25.3 Å². The fourth-order valence-corrected chi connectivity index (χ4v) is 4.08. The Balaban J connectivity index is 1.53. The molecule has 6 heteroatoms. The van der Waals surface area contributed by atoms with E-state index in [-0.39, 0.29) is 0 Å². The number of likely N-dealkylation sites (tertiary alicyclic amines) is 1. The second kappa shape index (κ2) is 7.56. The maximum absolute atomic E-state index is 5.44. The molecule has 0 aliphatic carbocycles. The molecule has 3 heterocycles. The first-order valence-corrected chi connectivity index (χ1v) is 9.40. The lowest BCUT2D eigenvalue weighted by molar-refractivity contribution is 0.198. The average molecular weight is 366 g/mol. The van der Waals surface area contributed by atoms with Gasteiger partial charge in [0.05, 0.1) is 19.9 Å². The van der Waals surface area contributed by atoms with Gasteiger partial charge in [-0.1, -0.05) is 6.07 Å². The van der Waals surface area contributed by atoms with Gasteiger partial charge in [0.1, 0.15) is 0 Å². The van der Waals surface area contributed by atoms with Gasteiger partial charge in [0.15, 0.2) is 17.1 Å². The zero-order chi connectivity index (χ0) is 18.8. The number of aromatic nitrogens is 3. The van der Waals surface area contributed by atoms with Gasteiger partial charge in [-0.05, 0) is 49.2 Å². The molecule has 0 radical (unpaired) electrons. The molecule has 0 bridgehead atoms. The number of hydrogen-bond acceptors (Lipinski definition) is 5. The molecule has 1 aliphatic rings. The fourth-order valence-electron chi connectivity index (χ4n) is 4.08. The van der Waals surface area contributed by atoms with Crippen LogP contribution in [-0.4, -0.2) is 47.0 Å². The number of fused-ring (bicyclic) bond motifs is 1. The van der Waals surface area contributed by atoms with E-state index in [0.717, 1.165) is 36.8 Å². The molecule has 3 aromatic rings. The highest BCUT2D eigenvalue weighted by molar-refractivity contribution is 5.78. The summed E-state index contributed by atoms with van der Waals surface area (Å²) in [6.45, 7) is 3.02. The molecule has 1 unspecified atom stereocenters. The van der Waals surface area contributed by atoms with Crippen LogP contribution in [0.3, 0.4) is 0 Å². The third-order valence-corrected chi connectivity index (χ3v) is 5.37. The van der Waals surface area contributed by atoms with E-state index in [1.54, 1.807) is 14.2 Å². The van der Waals surface area contributed by atoms with Crippen molar-refractivity contribution in [3.05, 3.63) is 47.8 Å². The van der Waals surface area contributed by atoms with Crippen LogP contribution in [0.4, 0.5) is 0 Å². The Labute approximate surface area is 159 Å². The lowest BCUT2D eigenvalue weighted by Gasteiger charge is -2.32. The molecule has 4 rings (SSSR count). The zero-order valence-electron chi connectivity index (χ0n) is 16.2. The van der Waals surface area contributed by atoms with Crippen molar-refractivity contribution in [3.63, 3.8) is 0 Å². The molecule has 2 aromatic heterocycles. The minimum absolute atomic E-state index is 0.437. The van der Waals surface area contributed by atoms with E-state index in [4.69, 9.17) is 14.6 Å². The molecular weight excluding hydrogens is 340 g/mol. The number of aryl methyl sites for hydroxylation is 1. The van der Waals surface area contributed by atoms with E-state index in [9.17, 15) is 0 Å². The van der Waals surface area contributed by atoms with Gasteiger partial charge in [-0.2, -0.15) is 5.10 Å². The van der Waals surface area contributed by atoms with Crippen molar-refractivity contribution < 1.29 is 9.47 Å². The van der Waals surface area contributed by atoms with Crippen molar-refractivity contribution in [1.29, 1.82) is 0 Å². The third-order valence-electron chi connectivity index (χ3n) is 5.37. The van der Waals surface area contributed by atoms with Crippen molar-refractivity contribution >= 4 is 11.0 Å². The second-order valence-corrected chi connectivity index (χ2v) is 7.15. The highest BCUT2D eigenvalue weighted by Crippen LogP contribution is 2.32. The Kier molecular flexibility index (Phi) is 4.99. The zero-order valence-corrected chi connectivity index (χ0v) is 16.2. The number of benzene rings is 1. The van der Waals surface area contributed by atoms with Crippen LogP contribution in [0.2, 0.25) is 0 Å². The summed E-state index contributed by atoms with van der Waals surface area (Å²) in [4.78, 5) is 6.99. The van der Waals surface area contributed by atoms with E-state index < -0.39 is 0 Å². The number of nitrogens with zero attached hydrogens (tertiary/aromatic N) is 4. The molecule has 1 atom stereocenters. The predicted octanol–water partition coefficient (Wildman–Crippen LogP) is 3.37. The Morgan fingerprint density at radius 1 is 1.15 bits per heavy atom. The first-order chi connectivity index (χ1) is 13.2. The summed E-state index contributed by atoms with van der Waals surface area (Å²) < 4.78 is 12.7. The molecule has 0 spiro atoms. The maximum Gasteiger partial charge on any atom is 0.161 e. The molecule has 6 nitrogen and oxygen atoms in total. The van der Waals surface area contributed by atoms with E-state index in [2.05, 4.69) is 28.1 Å². The molecule has 0 amide bonds. The summed E-state index contributed by atoms with van der Waals surface area (Å²) in [5, 5.41) is 5.97. The summed E-state index contributed by atoms with van der Waals surface area (Å²) in [5.41, 5.74) is 3.38. The number of rotatable bonds is 5. The summed E-state index contributed by atoms with van der Waals surface area (Å²) in [7, 11) is 5.32. The van der Waals surface area contributed by atoms with Crippen molar-refractivity contribution in [2.24, 2.45) is 7.05 Å². The topological polar surface area (TPSA) is 52.4 Å². The quantitative estimate of drug-likeness (QED) is 0.693. The Bertz CT molecular complexity index is 937. The van der Waals surface area contributed by atoms with Crippen LogP contribution >= 0.6 is 0 Å². The largest absolute Gasteiger partial charge is 0.493 e. The Morgan fingerprint density at radius 3 is 2.81 bits per heavy atom. The molecule has 0 N–H and O–H groups in total. The summed E-state index contributed by atoms with van der Waals surface area (Å²) in [6, 6.07) is 10.3. The highest BCUT2D eigenvalue weighted by Gasteiger charge is 2.26. The lowest BCUT2D eigenvalue weighted by atomic mass is 9.93. The average Bonchev–Trinajstić information content (AvgIpc) is 3.05. The fraction of sp³-hybridized carbons (Fsp3) is 0.429. The van der Waals surface area contributed by atoms with Gasteiger partial charge >= 0.3 is 0 Å². The van der Waals surface area contributed by atoms with Crippen LogP contribution in [0.15, 0.2) is 36.5 Å². The van der Waals surface area contributed by atoms with E-state index in [1.165, 1.54) is 29.5 Å². The van der Waals surface area contributed by atoms with E-state index in [0.29, 0.717) is 5.92 Å². The second-order valence-electron chi connectivity index (χ2n) is 7.15. The van der Waals surface area contributed by atoms with E-state index in [1.807, 2.05) is 30.1 Å². The van der Waals surface area contributed by atoms with Crippen LogP contribution in [0.1, 0.15) is 30.0 Å². The van der Waals surface area contributed by atoms with E-state index >= 15 is 0 Å². The number of pyridine rings is 1. The van der Waals surface area contributed by atoms with Gasteiger partial charge < -0.3 is 9.47 Å². The van der Waals surface area contributed by atoms with Gasteiger partial charge in [-0.25, -0.2) is 4.98 Å². The van der Waals surface area contributed by atoms with Gasteiger partial charge in [-0.15, -0.1) is 0 Å². The van der Waals surface area contributed by atoms with Gasteiger partial charge in [-0.3, -0.25) is 9.58 Å². The molecule has 27 heavy (non-hydrogen) atoms. The van der Waals surface area contributed by atoms with Gasteiger partial charge in [0.25, 0.3) is 0 Å². The normalized spacial score (nSPS) is 18.0. The lowest BCUT2D eigenvalue weighted by Crippen LogP contribution is -2.34. The monoisotopic (exact) mass is 366 g/mol. The smallest absolute Gasteiger partial charge is 0.161 e. The van der Waals surface area contributed by atoms with Gasteiger partial charge in [0.2, 0.25) is 0 Å². The Hall–Kier alpha value is -2.60. The molecule has 1 saturated heterocycles. The third kappa shape index (κ3) is 3.49. The number of methoxy groups -OCH3 is 2. The molecule has 0 saturated carbocycles. The molecule has 1 aromatic carbocycles. The van der Waals surface area contributed by atoms with Crippen molar-refractivity contribution in [2.75, 3.05) is 27.3 Å². The standard InChI is InChI=1S/C21H26N4O2/c1-24-21-17(7-4-10-22-21)20(23-24)16-6-5-11-25(14-16)13-15-8-9-18(26-2)19(12-15)27-3/h4,7-10,12,16H,5-6,11,13-14H2,1-3H3. The first-order valence-electron chi connectivity index (χ1n) is 9.40. The van der Waals surface area contributed by atoms with Crippen LogP contribution in [0.25, 0.3) is 11.0 Å². The van der Waals surface area contributed by atoms with Crippen molar-refractivity contribution in [1.82, 2.24) is 19.7 Å². The highest BCUT2D eigenvalue weighted by atomic mass is 16.5. The molecular formula is C21H26N4O2. The van der Waals surface area contributed by atoms with Crippen LogP contribution in [0, 0.1) is 0 Å². The predicted molar refractivity (Wildman–Crippen MR) is 105 cm³/mol.